The number of ether oxygens (including phenoxy) is 4. The third-order valence-electron chi connectivity index (χ3n) is 3.22. The Labute approximate surface area is 135 Å². The smallest absolute Gasteiger partial charge is 0.331 e. The van der Waals surface area contributed by atoms with E-state index >= 15 is 0 Å². The fourth-order valence-electron chi connectivity index (χ4n) is 2.29. The van der Waals surface area contributed by atoms with Crippen LogP contribution >= 0.6 is 0 Å². The SMILES string of the molecule is O=C(O)/C=C\C(=O)O[C@H]1CO[C@H]2[C@@H]1OC[C@@H]2OC(=O)/C=C/C(=O)O. The van der Waals surface area contributed by atoms with Gasteiger partial charge >= 0.3 is 23.9 Å². The van der Waals surface area contributed by atoms with Crippen LogP contribution in [0.2, 0.25) is 0 Å². The van der Waals surface area contributed by atoms with Gasteiger partial charge < -0.3 is 29.2 Å². The summed E-state index contributed by atoms with van der Waals surface area (Å²) in [6.07, 6.45) is -0.0348. The second-order valence-corrected chi connectivity index (χ2v) is 4.89. The first kappa shape index (κ1) is 17.6. The molecule has 0 radical (unpaired) electrons. The first-order chi connectivity index (χ1) is 11.4. The molecule has 0 amide bonds. The molecule has 2 saturated heterocycles. The summed E-state index contributed by atoms with van der Waals surface area (Å²) in [5.41, 5.74) is 0. The zero-order valence-corrected chi connectivity index (χ0v) is 12.2. The van der Waals surface area contributed by atoms with Crippen molar-refractivity contribution < 1.29 is 48.3 Å². The molecule has 2 N–H and O–H groups in total. The highest BCUT2D eigenvalue weighted by Gasteiger charge is 2.50. The minimum atomic E-state index is -1.29. The molecule has 0 spiro atoms. The Morgan fingerprint density at radius 3 is 1.46 bits per heavy atom. The second kappa shape index (κ2) is 7.70. The van der Waals surface area contributed by atoms with Crippen molar-refractivity contribution in [3.05, 3.63) is 24.3 Å². The van der Waals surface area contributed by atoms with E-state index in [1.54, 1.807) is 0 Å². The average Bonchev–Trinajstić information content (AvgIpc) is 3.07. The molecule has 130 valence electrons. The van der Waals surface area contributed by atoms with Crippen molar-refractivity contribution in [3.63, 3.8) is 0 Å². The molecular weight excluding hydrogens is 328 g/mol. The Kier molecular flexibility index (Phi) is 5.66. The van der Waals surface area contributed by atoms with Crippen molar-refractivity contribution in [1.29, 1.82) is 0 Å². The van der Waals surface area contributed by atoms with Gasteiger partial charge in [0.1, 0.15) is 12.2 Å². The Morgan fingerprint density at radius 1 is 0.750 bits per heavy atom. The molecule has 2 fully saturated rings. The van der Waals surface area contributed by atoms with Crippen LogP contribution in [0.3, 0.4) is 0 Å². The lowest BCUT2D eigenvalue weighted by Gasteiger charge is -2.16. The van der Waals surface area contributed by atoms with Crippen molar-refractivity contribution in [1.82, 2.24) is 0 Å². The van der Waals surface area contributed by atoms with Crippen molar-refractivity contribution in [2.24, 2.45) is 0 Å². The van der Waals surface area contributed by atoms with Crippen LogP contribution in [0.15, 0.2) is 24.3 Å². The number of aliphatic carboxylic acids is 2. The summed E-state index contributed by atoms with van der Waals surface area (Å²) in [5.74, 6) is -4.29. The zero-order chi connectivity index (χ0) is 17.7. The predicted octanol–water partition coefficient (Wildman–Crippen LogP) is -1.11. The van der Waals surface area contributed by atoms with Gasteiger partial charge in [-0.2, -0.15) is 0 Å². The predicted molar refractivity (Wildman–Crippen MR) is 72.8 cm³/mol. The van der Waals surface area contributed by atoms with E-state index < -0.39 is 48.3 Å². The maximum atomic E-state index is 11.5. The molecule has 0 saturated carbocycles. The number of carbonyl (C=O) groups is 4. The third-order valence-corrected chi connectivity index (χ3v) is 3.22. The topological polar surface area (TPSA) is 146 Å². The minimum Gasteiger partial charge on any atom is -0.478 e. The fraction of sp³-hybridized carbons (Fsp3) is 0.429. The first-order valence-corrected chi connectivity index (χ1v) is 6.83. The van der Waals surface area contributed by atoms with Crippen LogP contribution in [0.1, 0.15) is 0 Å². The lowest BCUT2D eigenvalue weighted by molar-refractivity contribution is -0.149. The number of hydrogen-bond acceptors (Lipinski definition) is 8. The van der Waals surface area contributed by atoms with Gasteiger partial charge in [-0.3, -0.25) is 0 Å². The molecule has 4 atom stereocenters. The van der Waals surface area contributed by atoms with Gasteiger partial charge in [-0.1, -0.05) is 0 Å². The second-order valence-electron chi connectivity index (χ2n) is 4.89. The Bertz CT molecular complexity index is 540. The summed E-state index contributed by atoms with van der Waals surface area (Å²) in [7, 11) is 0. The summed E-state index contributed by atoms with van der Waals surface area (Å²) >= 11 is 0. The van der Waals surface area contributed by atoms with Gasteiger partial charge in [-0.05, 0) is 0 Å². The maximum absolute atomic E-state index is 11.5. The summed E-state index contributed by atoms with van der Waals surface area (Å²) in [5, 5.41) is 16.9. The van der Waals surface area contributed by atoms with E-state index in [2.05, 4.69) is 0 Å². The summed E-state index contributed by atoms with van der Waals surface area (Å²) in [6.45, 7) is 0.00199. The standard InChI is InChI=1S/C14H14O10/c15-9(16)1-3-11(19)23-7-5-21-14-8(6-22-13(7)14)24-12(20)4-2-10(17)18/h1-4,7-8,13-14H,5-6H2,(H,15,16)(H,17,18)/b3-1-,4-2+/t7-,8-,13+,14+/m0/s1. The van der Waals surface area contributed by atoms with Gasteiger partial charge in [0.05, 0.1) is 13.2 Å². The molecule has 0 aliphatic carbocycles. The molecule has 0 bridgehead atoms. The average molecular weight is 342 g/mol. The molecule has 10 nitrogen and oxygen atoms in total. The number of carboxylic acids is 2. The molecule has 2 rings (SSSR count). The lowest BCUT2D eigenvalue weighted by atomic mass is 10.1. The van der Waals surface area contributed by atoms with Crippen LogP contribution < -0.4 is 0 Å². The summed E-state index contributed by atoms with van der Waals surface area (Å²) < 4.78 is 20.9. The van der Waals surface area contributed by atoms with Crippen LogP contribution in [0.5, 0.6) is 0 Å². The number of fused-ring (bicyclic) bond motifs is 1. The highest BCUT2D eigenvalue weighted by atomic mass is 16.7. The molecule has 0 aromatic carbocycles. The normalized spacial score (nSPS) is 28.8. The number of carbonyl (C=O) groups excluding carboxylic acids is 2. The largest absolute Gasteiger partial charge is 0.478 e. The molecule has 0 aromatic rings. The van der Waals surface area contributed by atoms with Gasteiger partial charge in [0.25, 0.3) is 0 Å². The van der Waals surface area contributed by atoms with E-state index in [0.717, 1.165) is 12.2 Å². The zero-order valence-electron chi connectivity index (χ0n) is 12.2. The molecule has 10 heteroatoms. The van der Waals surface area contributed by atoms with E-state index in [-0.39, 0.29) is 13.2 Å². The fourth-order valence-corrected chi connectivity index (χ4v) is 2.29. The van der Waals surface area contributed by atoms with E-state index in [0.29, 0.717) is 12.2 Å². The van der Waals surface area contributed by atoms with E-state index in [1.165, 1.54) is 0 Å². The van der Waals surface area contributed by atoms with Crippen molar-refractivity contribution in [3.8, 4) is 0 Å². The van der Waals surface area contributed by atoms with Crippen molar-refractivity contribution >= 4 is 23.9 Å². The highest BCUT2D eigenvalue weighted by Crippen LogP contribution is 2.30. The molecule has 2 heterocycles. The van der Waals surface area contributed by atoms with Gasteiger partial charge in [-0.25, -0.2) is 19.2 Å². The summed E-state index contributed by atoms with van der Waals surface area (Å²) in [4.78, 5) is 43.6. The number of esters is 2. The number of hydrogen-bond donors (Lipinski definition) is 2. The van der Waals surface area contributed by atoms with Crippen LogP contribution in [0.4, 0.5) is 0 Å². The quantitative estimate of drug-likeness (QED) is 0.450. The molecule has 2 aliphatic rings. The molecule has 2 aliphatic heterocycles. The molecule has 0 aromatic heterocycles. The van der Waals surface area contributed by atoms with E-state index in [4.69, 9.17) is 29.2 Å². The lowest BCUT2D eigenvalue weighted by Crippen LogP contribution is -2.35. The van der Waals surface area contributed by atoms with E-state index in [9.17, 15) is 19.2 Å². The monoisotopic (exact) mass is 342 g/mol. The van der Waals surface area contributed by atoms with Gasteiger partial charge in [0.15, 0.2) is 12.2 Å². The third kappa shape index (κ3) is 4.64. The molecule has 0 unspecified atom stereocenters. The van der Waals surface area contributed by atoms with Crippen LogP contribution in [0.25, 0.3) is 0 Å². The van der Waals surface area contributed by atoms with E-state index in [1.807, 2.05) is 0 Å². The Balaban J connectivity index is 1.87. The van der Waals surface area contributed by atoms with Crippen LogP contribution in [-0.2, 0) is 38.1 Å². The Morgan fingerprint density at radius 2 is 1.12 bits per heavy atom. The van der Waals surface area contributed by atoms with Gasteiger partial charge in [0.2, 0.25) is 0 Å². The number of carboxylic acid groups (broad SMARTS) is 2. The Hall–Kier alpha value is -2.72. The molecular formula is C14H14O10. The van der Waals surface area contributed by atoms with Crippen molar-refractivity contribution in [2.75, 3.05) is 13.2 Å². The minimum absolute atomic E-state index is 0.000993. The molecule has 24 heavy (non-hydrogen) atoms. The van der Waals surface area contributed by atoms with Crippen LogP contribution in [0, 0.1) is 0 Å². The van der Waals surface area contributed by atoms with Crippen molar-refractivity contribution in [2.45, 2.75) is 24.4 Å². The first-order valence-electron chi connectivity index (χ1n) is 6.83. The van der Waals surface area contributed by atoms with Crippen LogP contribution in [-0.4, -0.2) is 71.7 Å². The summed E-state index contributed by atoms with van der Waals surface area (Å²) in [6, 6.07) is 0. The highest BCUT2D eigenvalue weighted by molar-refractivity contribution is 5.91. The van der Waals surface area contributed by atoms with Gasteiger partial charge in [0, 0.05) is 24.3 Å². The maximum Gasteiger partial charge on any atom is 0.331 e. The number of rotatable bonds is 6. The van der Waals surface area contributed by atoms with Gasteiger partial charge in [-0.15, -0.1) is 0 Å².